The van der Waals surface area contributed by atoms with Gasteiger partial charge in [0.25, 0.3) is 0 Å². The number of carbonyl (C=O) groups excluding carboxylic acids is 4. The van der Waals surface area contributed by atoms with E-state index in [1.807, 2.05) is 0 Å². The minimum absolute atomic E-state index is 0.0525. The zero-order valence-corrected chi connectivity index (χ0v) is 24.1. The molecule has 0 unspecified atom stereocenters. The van der Waals surface area contributed by atoms with Crippen LogP contribution in [0.2, 0.25) is 5.02 Å². The molecule has 1 N–H and O–H groups in total. The highest BCUT2D eigenvalue weighted by Crippen LogP contribution is 2.35. The second kappa shape index (κ2) is 13.1. The molecule has 5 atom stereocenters. The lowest BCUT2D eigenvalue weighted by Gasteiger charge is -2.43. The zero-order chi connectivity index (χ0) is 31.4. The molecule has 14 heteroatoms. The minimum Gasteiger partial charge on any atom is -0.507 e. The average Bonchev–Trinajstić information content (AvgIpc) is 2.91. The van der Waals surface area contributed by atoms with Crippen molar-refractivity contribution in [3.8, 4) is 22.6 Å². The maximum atomic E-state index is 13.2. The number of phenols is 1. The monoisotopic (exact) mass is 618 g/mol. The standard InChI is InChI=1S/C29H27ClO13/c1-13(31)37-12-23-26(39-14(2)32)27(40-15(3)33)28(41-16(4)34)29(43-23)42-19-9-21(35)24-22(10-19)38-11-20(25(24)36)17-5-7-18(30)8-6-17/h5-11,23,26-29,35H,12H2,1-4H3/t23-,26+,27+,28+,29-/m0/s1. The Labute approximate surface area is 249 Å². The van der Waals surface area contributed by atoms with Crippen molar-refractivity contribution in [1.29, 1.82) is 0 Å². The number of hydrogen-bond acceptors (Lipinski definition) is 13. The van der Waals surface area contributed by atoms with Crippen LogP contribution in [0, 0.1) is 0 Å². The van der Waals surface area contributed by atoms with Crippen LogP contribution >= 0.6 is 11.6 Å². The minimum atomic E-state index is -1.56. The van der Waals surface area contributed by atoms with E-state index in [2.05, 4.69) is 0 Å². The second-order valence-corrected chi connectivity index (χ2v) is 9.92. The second-order valence-electron chi connectivity index (χ2n) is 9.49. The SMILES string of the molecule is CC(=O)OC[C@@H]1O[C@H](Oc2cc(O)c3c(=O)c(-c4ccc(Cl)cc4)coc3c2)[C@H](OC(C)=O)[C@H](OC(C)=O)[C@@H]1OC(C)=O. The van der Waals surface area contributed by atoms with Gasteiger partial charge in [-0.15, -0.1) is 0 Å². The summed E-state index contributed by atoms with van der Waals surface area (Å²) >= 11 is 5.94. The Hall–Kier alpha value is -4.62. The van der Waals surface area contributed by atoms with Crippen LogP contribution < -0.4 is 10.2 Å². The Morgan fingerprint density at radius 2 is 1.47 bits per heavy atom. The number of ether oxygens (including phenoxy) is 6. The van der Waals surface area contributed by atoms with Gasteiger partial charge in [-0.1, -0.05) is 23.7 Å². The lowest BCUT2D eigenvalue weighted by Crippen LogP contribution is -2.63. The molecule has 0 amide bonds. The number of fused-ring (bicyclic) bond motifs is 1. The van der Waals surface area contributed by atoms with Gasteiger partial charge in [0.2, 0.25) is 17.8 Å². The first-order valence-electron chi connectivity index (χ1n) is 12.9. The summed E-state index contributed by atoms with van der Waals surface area (Å²) in [6, 6.07) is 8.85. The van der Waals surface area contributed by atoms with Crippen molar-refractivity contribution in [2.45, 2.75) is 58.4 Å². The number of rotatable bonds is 8. The lowest BCUT2D eigenvalue weighted by molar-refractivity contribution is -0.288. The van der Waals surface area contributed by atoms with E-state index in [1.54, 1.807) is 24.3 Å². The summed E-state index contributed by atoms with van der Waals surface area (Å²) in [5.41, 5.74) is 0.105. The molecule has 1 saturated heterocycles. The van der Waals surface area contributed by atoms with Crippen LogP contribution in [0.1, 0.15) is 27.7 Å². The highest BCUT2D eigenvalue weighted by molar-refractivity contribution is 6.30. The van der Waals surface area contributed by atoms with E-state index < -0.39 is 72.4 Å². The van der Waals surface area contributed by atoms with Crippen molar-refractivity contribution in [2.24, 2.45) is 0 Å². The van der Waals surface area contributed by atoms with Gasteiger partial charge in [-0.3, -0.25) is 24.0 Å². The summed E-state index contributed by atoms with van der Waals surface area (Å²) in [6.45, 7) is 3.96. The van der Waals surface area contributed by atoms with Crippen LogP contribution in [0.3, 0.4) is 0 Å². The van der Waals surface area contributed by atoms with Crippen molar-refractivity contribution in [1.82, 2.24) is 0 Å². The van der Waals surface area contributed by atoms with Gasteiger partial charge in [0.1, 0.15) is 41.4 Å². The van der Waals surface area contributed by atoms with Gasteiger partial charge in [0.15, 0.2) is 12.2 Å². The van der Waals surface area contributed by atoms with Crippen molar-refractivity contribution >= 4 is 46.4 Å². The highest BCUT2D eigenvalue weighted by Gasteiger charge is 2.53. The zero-order valence-electron chi connectivity index (χ0n) is 23.4. The van der Waals surface area contributed by atoms with Crippen LogP contribution in [-0.4, -0.2) is 66.3 Å². The Bertz CT molecular complexity index is 1600. The van der Waals surface area contributed by atoms with Gasteiger partial charge in [0.05, 0.1) is 5.56 Å². The molecular weight excluding hydrogens is 592 g/mol. The number of phenolic OH excluding ortho intramolecular Hbond substituents is 1. The van der Waals surface area contributed by atoms with Crippen molar-refractivity contribution < 1.29 is 57.1 Å². The Kier molecular flexibility index (Phi) is 9.56. The maximum Gasteiger partial charge on any atom is 0.303 e. The molecule has 1 aromatic heterocycles. The number of benzene rings is 2. The van der Waals surface area contributed by atoms with Crippen molar-refractivity contribution in [2.75, 3.05) is 6.61 Å². The number of halogens is 1. The molecule has 2 heterocycles. The van der Waals surface area contributed by atoms with E-state index in [9.17, 15) is 29.1 Å². The van der Waals surface area contributed by atoms with Crippen LogP contribution in [0.25, 0.3) is 22.1 Å². The molecule has 3 aromatic rings. The van der Waals surface area contributed by atoms with Gasteiger partial charge in [-0.2, -0.15) is 0 Å². The number of esters is 4. The van der Waals surface area contributed by atoms with Gasteiger partial charge in [-0.05, 0) is 17.7 Å². The van der Waals surface area contributed by atoms with Crippen LogP contribution in [-0.2, 0) is 42.9 Å². The normalized spacial score (nSPS) is 21.5. The third-order valence-electron chi connectivity index (χ3n) is 6.19. The smallest absolute Gasteiger partial charge is 0.303 e. The average molecular weight is 619 g/mol. The van der Waals surface area contributed by atoms with Gasteiger partial charge < -0.3 is 37.9 Å². The maximum absolute atomic E-state index is 13.2. The first kappa shape index (κ1) is 31.3. The van der Waals surface area contributed by atoms with E-state index in [0.29, 0.717) is 10.6 Å². The Morgan fingerprint density at radius 1 is 0.860 bits per heavy atom. The molecule has 0 saturated carbocycles. The third kappa shape index (κ3) is 7.43. The first-order chi connectivity index (χ1) is 20.3. The van der Waals surface area contributed by atoms with Crippen LogP contribution in [0.15, 0.2) is 51.9 Å². The van der Waals surface area contributed by atoms with Crippen molar-refractivity contribution in [3.63, 3.8) is 0 Å². The lowest BCUT2D eigenvalue weighted by atomic mass is 9.98. The number of hydrogen-bond donors (Lipinski definition) is 1. The Balaban J connectivity index is 1.74. The topological polar surface area (TPSA) is 174 Å². The summed E-state index contributed by atoms with van der Waals surface area (Å²) in [7, 11) is 0. The van der Waals surface area contributed by atoms with E-state index in [4.69, 9.17) is 44.4 Å². The van der Waals surface area contributed by atoms with E-state index in [-0.39, 0.29) is 22.3 Å². The van der Waals surface area contributed by atoms with Crippen LogP contribution in [0.4, 0.5) is 0 Å². The van der Waals surface area contributed by atoms with Gasteiger partial charge in [0, 0.05) is 44.9 Å². The molecule has 228 valence electrons. The fraction of sp³-hybridized carbons (Fsp3) is 0.345. The molecule has 4 rings (SSSR count). The predicted octanol–water partition coefficient (Wildman–Crippen LogP) is 3.28. The molecule has 1 aliphatic heterocycles. The van der Waals surface area contributed by atoms with Gasteiger partial charge in [-0.25, -0.2) is 0 Å². The predicted molar refractivity (Wildman–Crippen MR) is 147 cm³/mol. The molecule has 0 bridgehead atoms. The fourth-order valence-corrected chi connectivity index (χ4v) is 4.65. The summed E-state index contributed by atoms with van der Waals surface area (Å²) in [5, 5.41) is 11.2. The summed E-state index contributed by atoms with van der Waals surface area (Å²) in [5.74, 6) is -3.70. The first-order valence-corrected chi connectivity index (χ1v) is 13.2. The van der Waals surface area contributed by atoms with Gasteiger partial charge >= 0.3 is 23.9 Å². The third-order valence-corrected chi connectivity index (χ3v) is 6.44. The Morgan fingerprint density at radius 3 is 2.07 bits per heavy atom. The largest absolute Gasteiger partial charge is 0.507 e. The molecule has 43 heavy (non-hydrogen) atoms. The molecule has 1 aliphatic rings. The quantitative estimate of drug-likeness (QED) is 0.288. The summed E-state index contributed by atoms with van der Waals surface area (Å²) < 4.78 is 38.6. The molecule has 13 nitrogen and oxygen atoms in total. The van der Waals surface area contributed by atoms with Crippen LogP contribution in [0.5, 0.6) is 11.5 Å². The summed E-state index contributed by atoms with van der Waals surface area (Å²) in [4.78, 5) is 60.8. The van der Waals surface area contributed by atoms with E-state index in [1.165, 1.54) is 12.3 Å². The molecule has 2 aromatic carbocycles. The number of aromatic hydroxyl groups is 1. The molecule has 1 fully saturated rings. The molecule has 0 spiro atoms. The van der Waals surface area contributed by atoms with E-state index >= 15 is 0 Å². The molecule has 0 radical (unpaired) electrons. The molecular formula is C29H27ClO13. The number of carbonyl (C=O) groups is 4. The van der Waals surface area contributed by atoms with E-state index in [0.717, 1.165) is 33.8 Å². The highest BCUT2D eigenvalue weighted by atomic mass is 35.5. The molecule has 0 aliphatic carbocycles. The fourth-order valence-electron chi connectivity index (χ4n) is 4.52. The summed E-state index contributed by atoms with van der Waals surface area (Å²) in [6.07, 6.45) is -5.93. The van der Waals surface area contributed by atoms with Crippen molar-refractivity contribution in [3.05, 3.63) is 57.9 Å².